The second-order valence-corrected chi connectivity index (χ2v) is 8.54. The van der Waals surface area contributed by atoms with Crippen LogP contribution < -0.4 is 0 Å². The first-order valence-electron chi connectivity index (χ1n) is 9.64. The second kappa shape index (κ2) is 7.87. The third kappa shape index (κ3) is 4.09. The number of hydrogen-bond donors (Lipinski definition) is 0. The molecular formula is C22H25N3OS. The van der Waals surface area contributed by atoms with Crippen molar-refractivity contribution in [2.24, 2.45) is 5.92 Å². The number of likely N-dealkylation sites (tertiary alicyclic amines) is 1. The van der Waals surface area contributed by atoms with Gasteiger partial charge in [-0.1, -0.05) is 12.1 Å². The summed E-state index contributed by atoms with van der Waals surface area (Å²) in [4.78, 5) is 25.1. The maximum Gasteiger partial charge on any atom is 0.142 e. The van der Waals surface area contributed by atoms with Crippen molar-refractivity contribution in [3.05, 3.63) is 47.9 Å². The van der Waals surface area contributed by atoms with E-state index in [2.05, 4.69) is 53.0 Å². The SMILES string of the molecule is CC(C)N1CCC(C(=O)Cc2cc3cc(-c4cncs4)ccc3cn2)CC1. The van der Waals surface area contributed by atoms with E-state index in [1.165, 1.54) is 0 Å². The van der Waals surface area contributed by atoms with Gasteiger partial charge < -0.3 is 4.90 Å². The van der Waals surface area contributed by atoms with Gasteiger partial charge in [-0.15, -0.1) is 11.3 Å². The van der Waals surface area contributed by atoms with Crippen molar-refractivity contribution >= 4 is 27.9 Å². The number of ketones is 1. The van der Waals surface area contributed by atoms with Crippen molar-refractivity contribution in [2.45, 2.75) is 39.2 Å². The quantitative estimate of drug-likeness (QED) is 0.650. The zero-order valence-electron chi connectivity index (χ0n) is 15.9. The van der Waals surface area contributed by atoms with Crippen molar-refractivity contribution in [3.63, 3.8) is 0 Å². The molecule has 1 fully saturated rings. The van der Waals surface area contributed by atoms with Crippen molar-refractivity contribution < 1.29 is 4.79 Å². The molecule has 5 heteroatoms. The molecule has 0 amide bonds. The number of nitrogens with zero attached hydrogens (tertiary/aromatic N) is 3. The van der Waals surface area contributed by atoms with Crippen LogP contribution in [0.25, 0.3) is 21.2 Å². The summed E-state index contributed by atoms with van der Waals surface area (Å²) in [5.74, 6) is 0.518. The van der Waals surface area contributed by atoms with E-state index in [-0.39, 0.29) is 5.92 Å². The topological polar surface area (TPSA) is 46.1 Å². The molecule has 0 atom stereocenters. The fourth-order valence-electron chi connectivity index (χ4n) is 3.86. The molecule has 0 spiro atoms. The summed E-state index contributed by atoms with van der Waals surface area (Å²) >= 11 is 1.64. The van der Waals surface area contributed by atoms with Crippen LogP contribution in [0.3, 0.4) is 0 Å². The van der Waals surface area contributed by atoms with E-state index in [1.54, 1.807) is 11.3 Å². The van der Waals surface area contributed by atoms with E-state index >= 15 is 0 Å². The average molecular weight is 380 g/mol. The number of pyridine rings is 1. The van der Waals surface area contributed by atoms with Crippen LogP contribution in [-0.2, 0) is 11.2 Å². The van der Waals surface area contributed by atoms with Gasteiger partial charge in [0.15, 0.2) is 0 Å². The number of aromatic nitrogens is 2. The maximum atomic E-state index is 12.8. The molecular weight excluding hydrogens is 354 g/mol. The standard InChI is InChI=1S/C22H25N3OS/c1-15(2)25-7-5-16(6-8-25)21(26)11-20-10-19-9-17(22-13-23-14-27-22)3-4-18(19)12-24-20/h3-4,9-10,12-16H,5-8,11H2,1-2H3. The number of fused-ring (bicyclic) bond motifs is 1. The highest BCUT2D eigenvalue weighted by molar-refractivity contribution is 7.13. The summed E-state index contributed by atoms with van der Waals surface area (Å²) in [7, 11) is 0. The van der Waals surface area contributed by atoms with Crippen molar-refractivity contribution in [2.75, 3.05) is 13.1 Å². The first-order valence-corrected chi connectivity index (χ1v) is 10.5. The van der Waals surface area contributed by atoms with E-state index < -0.39 is 0 Å². The van der Waals surface area contributed by atoms with Gasteiger partial charge in [-0.2, -0.15) is 0 Å². The van der Waals surface area contributed by atoms with Crippen molar-refractivity contribution in [3.8, 4) is 10.4 Å². The molecule has 4 rings (SSSR count). The Morgan fingerprint density at radius 3 is 2.70 bits per heavy atom. The molecule has 1 aliphatic heterocycles. The molecule has 3 aromatic rings. The van der Waals surface area contributed by atoms with Crippen molar-refractivity contribution in [1.29, 1.82) is 0 Å². The monoisotopic (exact) mass is 379 g/mol. The van der Waals surface area contributed by atoms with Gasteiger partial charge >= 0.3 is 0 Å². The Kier molecular flexibility index (Phi) is 5.32. The van der Waals surface area contributed by atoms with Gasteiger partial charge in [-0.25, -0.2) is 0 Å². The number of rotatable bonds is 5. The molecule has 0 saturated carbocycles. The minimum absolute atomic E-state index is 0.182. The molecule has 0 aliphatic carbocycles. The number of carbonyl (C=O) groups is 1. The predicted octanol–water partition coefficient (Wildman–Crippen LogP) is 4.59. The molecule has 140 valence electrons. The van der Waals surface area contributed by atoms with Crippen LogP contribution in [0.2, 0.25) is 0 Å². The van der Waals surface area contributed by atoms with Crippen molar-refractivity contribution in [1.82, 2.24) is 14.9 Å². The van der Waals surface area contributed by atoms with E-state index in [0.717, 1.165) is 52.8 Å². The Labute approximate surface area is 164 Å². The lowest BCUT2D eigenvalue weighted by Crippen LogP contribution is -2.40. The lowest BCUT2D eigenvalue weighted by molar-refractivity contribution is -0.123. The molecule has 1 aliphatic rings. The first kappa shape index (κ1) is 18.3. The van der Waals surface area contributed by atoms with E-state index in [9.17, 15) is 4.79 Å². The molecule has 0 unspecified atom stereocenters. The minimum Gasteiger partial charge on any atom is -0.301 e. The Morgan fingerprint density at radius 1 is 1.19 bits per heavy atom. The summed E-state index contributed by atoms with van der Waals surface area (Å²) in [6.07, 6.45) is 6.16. The maximum absolute atomic E-state index is 12.8. The van der Waals surface area contributed by atoms with Crippen LogP contribution in [0, 0.1) is 5.92 Å². The molecule has 27 heavy (non-hydrogen) atoms. The molecule has 0 N–H and O–H groups in total. The molecule has 4 nitrogen and oxygen atoms in total. The smallest absolute Gasteiger partial charge is 0.142 e. The van der Waals surface area contributed by atoms with Gasteiger partial charge in [0.05, 0.1) is 10.4 Å². The Morgan fingerprint density at radius 2 is 2.00 bits per heavy atom. The summed E-state index contributed by atoms with van der Waals surface area (Å²) in [6.45, 7) is 6.50. The highest BCUT2D eigenvalue weighted by Crippen LogP contribution is 2.27. The van der Waals surface area contributed by atoms with Gasteiger partial charge in [0.25, 0.3) is 0 Å². The molecule has 0 bridgehead atoms. The zero-order valence-corrected chi connectivity index (χ0v) is 16.7. The van der Waals surface area contributed by atoms with Crippen LogP contribution >= 0.6 is 11.3 Å². The van der Waals surface area contributed by atoms with Crippen LogP contribution in [0.1, 0.15) is 32.4 Å². The van der Waals surface area contributed by atoms with Gasteiger partial charge in [-0.3, -0.25) is 14.8 Å². The lowest BCUT2D eigenvalue weighted by Gasteiger charge is -2.33. The minimum atomic E-state index is 0.182. The van der Waals surface area contributed by atoms with Crippen LogP contribution in [0.4, 0.5) is 0 Å². The Bertz CT molecular complexity index is 928. The summed E-state index contributed by atoms with van der Waals surface area (Å²) in [5, 5.41) is 2.23. The Balaban J connectivity index is 1.48. The molecule has 2 aromatic heterocycles. The third-order valence-electron chi connectivity index (χ3n) is 5.57. The Hall–Kier alpha value is -2.11. The molecule has 0 radical (unpaired) electrons. The van der Waals surface area contributed by atoms with E-state index in [4.69, 9.17) is 0 Å². The molecule has 3 heterocycles. The third-order valence-corrected chi connectivity index (χ3v) is 6.39. The lowest BCUT2D eigenvalue weighted by atomic mass is 9.89. The van der Waals surface area contributed by atoms with E-state index in [1.807, 2.05) is 17.9 Å². The predicted molar refractivity (Wildman–Crippen MR) is 111 cm³/mol. The highest BCUT2D eigenvalue weighted by atomic mass is 32.1. The fraction of sp³-hybridized carbons (Fsp3) is 0.409. The second-order valence-electron chi connectivity index (χ2n) is 7.65. The fourth-order valence-corrected chi connectivity index (χ4v) is 4.48. The summed E-state index contributed by atoms with van der Waals surface area (Å²) in [6, 6.07) is 8.99. The van der Waals surface area contributed by atoms with Crippen LogP contribution in [0.5, 0.6) is 0 Å². The van der Waals surface area contributed by atoms with Crippen LogP contribution in [0.15, 0.2) is 42.2 Å². The van der Waals surface area contributed by atoms with Gasteiger partial charge in [0, 0.05) is 41.9 Å². The van der Waals surface area contributed by atoms with Gasteiger partial charge in [0.2, 0.25) is 0 Å². The average Bonchev–Trinajstić information content (AvgIpc) is 3.22. The van der Waals surface area contributed by atoms with Gasteiger partial charge in [-0.05, 0) is 62.9 Å². The summed E-state index contributed by atoms with van der Waals surface area (Å²) < 4.78 is 0. The summed E-state index contributed by atoms with van der Waals surface area (Å²) in [5.41, 5.74) is 3.88. The number of benzene rings is 1. The first-order chi connectivity index (χ1) is 13.1. The molecule has 1 aromatic carbocycles. The number of piperidine rings is 1. The number of Topliss-reactive ketones (excluding diaryl/α,β-unsaturated/α-hetero) is 1. The number of hydrogen-bond acceptors (Lipinski definition) is 5. The number of thiazole rings is 1. The van der Waals surface area contributed by atoms with E-state index in [0.29, 0.717) is 18.2 Å². The number of carbonyl (C=O) groups excluding carboxylic acids is 1. The normalized spacial score (nSPS) is 16.3. The van der Waals surface area contributed by atoms with Gasteiger partial charge in [0.1, 0.15) is 5.78 Å². The van der Waals surface area contributed by atoms with Crippen LogP contribution in [-0.4, -0.2) is 39.8 Å². The zero-order chi connectivity index (χ0) is 18.8. The highest BCUT2D eigenvalue weighted by Gasteiger charge is 2.26. The molecule has 1 saturated heterocycles. The largest absolute Gasteiger partial charge is 0.301 e.